The molecular weight excluding hydrogens is 324 g/mol. The average Bonchev–Trinajstić information content (AvgIpc) is 2.63. The van der Waals surface area contributed by atoms with E-state index in [2.05, 4.69) is 10.3 Å². The summed E-state index contributed by atoms with van der Waals surface area (Å²) in [5.74, 6) is -0.000228. The quantitative estimate of drug-likeness (QED) is 0.502. The number of piperidine rings is 1. The number of phenols is 1. The lowest BCUT2D eigenvalue weighted by Gasteiger charge is -2.31. The zero-order valence-corrected chi connectivity index (χ0v) is 13.5. The molecule has 0 unspecified atom stereocenters. The van der Waals surface area contributed by atoms with E-state index in [4.69, 9.17) is 0 Å². The summed E-state index contributed by atoms with van der Waals surface area (Å²) in [6.45, 7) is 1.02. The predicted octanol–water partition coefficient (Wildman–Crippen LogP) is 2.55. The number of para-hydroxylation sites is 2. The fourth-order valence-electron chi connectivity index (χ4n) is 2.94. The van der Waals surface area contributed by atoms with Crippen LogP contribution in [0.2, 0.25) is 0 Å². The molecule has 2 heterocycles. The Morgan fingerprint density at radius 1 is 1.24 bits per heavy atom. The molecule has 3 rings (SSSR count). The monoisotopic (exact) mass is 342 g/mol. The van der Waals surface area contributed by atoms with Crippen molar-refractivity contribution in [3.8, 4) is 5.75 Å². The zero-order valence-electron chi connectivity index (χ0n) is 13.5. The van der Waals surface area contributed by atoms with Gasteiger partial charge in [0.05, 0.1) is 10.6 Å². The van der Waals surface area contributed by atoms with Gasteiger partial charge in [0.15, 0.2) is 0 Å². The first-order chi connectivity index (χ1) is 12.1. The second kappa shape index (κ2) is 7.16. The summed E-state index contributed by atoms with van der Waals surface area (Å²) in [5.41, 5.74) is 0.356. The number of nitrogens with zero attached hydrogens (tertiary/aromatic N) is 3. The number of phenolic OH excluding ortho intramolecular Hbond substituents is 1. The lowest BCUT2D eigenvalue weighted by Crippen LogP contribution is -2.38. The summed E-state index contributed by atoms with van der Waals surface area (Å²) >= 11 is 0. The van der Waals surface area contributed by atoms with Crippen LogP contribution in [0.3, 0.4) is 0 Å². The standard InChI is InChI=1S/C17H18N4O4/c22-15-6-2-1-4-13(15)19-17(23)12-7-10-20(11-8-12)16-14(21(24)25)5-3-9-18-16/h1-6,9,12,22H,7-8,10-11H2,(H,19,23). The van der Waals surface area contributed by atoms with E-state index in [0.29, 0.717) is 37.4 Å². The van der Waals surface area contributed by atoms with Crippen molar-refractivity contribution in [2.45, 2.75) is 12.8 Å². The second-order valence-corrected chi connectivity index (χ2v) is 5.87. The predicted molar refractivity (Wildman–Crippen MR) is 92.6 cm³/mol. The number of carbonyl (C=O) groups excluding carboxylic acids is 1. The molecular formula is C17H18N4O4. The number of nitro groups is 1. The van der Waals surface area contributed by atoms with Crippen molar-refractivity contribution in [1.29, 1.82) is 0 Å². The largest absolute Gasteiger partial charge is 0.506 e. The molecule has 2 aromatic rings. The summed E-state index contributed by atoms with van der Waals surface area (Å²) in [6.07, 6.45) is 2.65. The lowest BCUT2D eigenvalue weighted by atomic mass is 9.95. The van der Waals surface area contributed by atoms with Gasteiger partial charge in [-0.25, -0.2) is 4.98 Å². The fraction of sp³-hybridized carbons (Fsp3) is 0.294. The van der Waals surface area contributed by atoms with Crippen LogP contribution in [-0.4, -0.2) is 34.0 Å². The molecule has 8 heteroatoms. The van der Waals surface area contributed by atoms with Crippen molar-refractivity contribution >= 4 is 23.1 Å². The molecule has 8 nitrogen and oxygen atoms in total. The van der Waals surface area contributed by atoms with Crippen molar-refractivity contribution in [2.75, 3.05) is 23.3 Å². The van der Waals surface area contributed by atoms with Gasteiger partial charge in [-0.3, -0.25) is 14.9 Å². The minimum Gasteiger partial charge on any atom is -0.506 e. The minimum atomic E-state index is -0.445. The van der Waals surface area contributed by atoms with Crippen LogP contribution in [0.15, 0.2) is 42.6 Å². The van der Waals surface area contributed by atoms with E-state index in [1.807, 2.05) is 4.90 Å². The Morgan fingerprint density at radius 3 is 2.64 bits per heavy atom. The van der Waals surface area contributed by atoms with Crippen LogP contribution in [0, 0.1) is 16.0 Å². The highest BCUT2D eigenvalue weighted by Crippen LogP contribution is 2.30. The maximum atomic E-state index is 12.4. The Bertz CT molecular complexity index is 788. The summed E-state index contributed by atoms with van der Waals surface area (Å²) in [7, 11) is 0. The van der Waals surface area contributed by atoms with Crippen molar-refractivity contribution in [2.24, 2.45) is 5.92 Å². The van der Waals surface area contributed by atoms with E-state index in [1.165, 1.54) is 24.4 Å². The zero-order chi connectivity index (χ0) is 17.8. The third-order valence-corrected chi connectivity index (χ3v) is 4.29. The van der Waals surface area contributed by atoms with E-state index in [0.717, 1.165) is 0 Å². The van der Waals surface area contributed by atoms with Gasteiger partial charge in [0.2, 0.25) is 11.7 Å². The molecule has 0 saturated carbocycles. The molecule has 1 aromatic carbocycles. The van der Waals surface area contributed by atoms with Gasteiger partial charge in [-0.05, 0) is 31.0 Å². The summed E-state index contributed by atoms with van der Waals surface area (Å²) < 4.78 is 0. The molecule has 0 spiro atoms. The number of anilines is 2. The summed E-state index contributed by atoms with van der Waals surface area (Å²) in [4.78, 5) is 29.0. The maximum absolute atomic E-state index is 12.4. The Labute approximate surface area is 144 Å². The molecule has 25 heavy (non-hydrogen) atoms. The van der Waals surface area contributed by atoms with Gasteiger partial charge in [0, 0.05) is 31.3 Å². The molecule has 0 aliphatic carbocycles. The second-order valence-electron chi connectivity index (χ2n) is 5.87. The molecule has 1 aromatic heterocycles. The molecule has 0 radical (unpaired) electrons. The van der Waals surface area contributed by atoms with E-state index in [9.17, 15) is 20.0 Å². The highest BCUT2D eigenvalue weighted by molar-refractivity contribution is 5.94. The summed E-state index contributed by atoms with van der Waals surface area (Å²) in [6, 6.07) is 9.53. The Hall–Kier alpha value is -3.16. The van der Waals surface area contributed by atoms with Gasteiger partial charge in [0.1, 0.15) is 5.75 Å². The third-order valence-electron chi connectivity index (χ3n) is 4.29. The molecule has 0 atom stereocenters. The smallest absolute Gasteiger partial charge is 0.311 e. The van der Waals surface area contributed by atoms with Crippen LogP contribution in [0.4, 0.5) is 17.2 Å². The van der Waals surface area contributed by atoms with E-state index in [1.54, 1.807) is 18.2 Å². The van der Waals surface area contributed by atoms with E-state index >= 15 is 0 Å². The topological polar surface area (TPSA) is 109 Å². The lowest BCUT2D eigenvalue weighted by molar-refractivity contribution is -0.384. The van der Waals surface area contributed by atoms with Crippen LogP contribution in [0.1, 0.15) is 12.8 Å². The molecule has 130 valence electrons. The first kappa shape index (κ1) is 16.7. The molecule has 0 bridgehead atoms. The van der Waals surface area contributed by atoms with Crippen LogP contribution in [0.25, 0.3) is 0 Å². The van der Waals surface area contributed by atoms with Gasteiger partial charge in [-0.2, -0.15) is 0 Å². The first-order valence-electron chi connectivity index (χ1n) is 7.99. The number of carbonyl (C=O) groups is 1. The SMILES string of the molecule is O=C(Nc1ccccc1O)C1CCN(c2ncccc2[N+](=O)[O-])CC1. The van der Waals surface area contributed by atoms with Crippen LogP contribution >= 0.6 is 0 Å². The van der Waals surface area contributed by atoms with Gasteiger partial charge in [-0.15, -0.1) is 0 Å². The number of aromatic hydroxyl groups is 1. The number of nitrogens with one attached hydrogen (secondary N) is 1. The average molecular weight is 342 g/mol. The highest BCUT2D eigenvalue weighted by Gasteiger charge is 2.29. The molecule has 1 saturated heterocycles. The van der Waals surface area contributed by atoms with E-state index < -0.39 is 4.92 Å². The normalized spacial score (nSPS) is 15.0. The number of rotatable bonds is 4. The van der Waals surface area contributed by atoms with Gasteiger partial charge in [-0.1, -0.05) is 12.1 Å². The Balaban J connectivity index is 1.63. The number of pyridine rings is 1. The number of hydrogen-bond donors (Lipinski definition) is 2. The van der Waals surface area contributed by atoms with E-state index in [-0.39, 0.29) is 23.3 Å². The molecule has 2 N–H and O–H groups in total. The minimum absolute atomic E-state index is 0.0254. The Morgan fingerprint density at radius 2 is 1.96 bits per heavy atom. The number of hydrogen-bond acceptors (Lipinski definition) is 6. The maximum Gasteiger partial charge on any atom is 0.311 e. The fourth-order valence-corrected chi connectivity index (χ4v) is 2.94. The molecule has 1 amide bonds. The Kier molecular flexibility index (Phi) is 4.78. The van der Waals surface area contributed by atoms with Crippen molar-refractivity contribution in [1.82, 2.24) is 4.98 Å². The van der Waals surface area contributed by atoms with Crippen LogP contribution in [-0.2, 0) is 4.79 Å². The molecule has 1 aliphatic heterocycles. The van der Waals surface area contributed by atoms with Gasteiger partial charge < -0.3 is 15.3 Å². The summed E-state index contributed by atoms with van der Waals surface area (Å²) in [5, 5.41) is 23.6. The van der Waals surface area contributed by atoms with Crippen molar-refractivity contribution in [3.63, 3.8) is 0 Å². The molecule has 1 aliphatic rings. The van der Waals surface area contributed by atoms with Gasteiger partial charge in [0.25, 0.3) is 0 Å². The first-order valence-corrected chi connectivity index (χ1v) is 7.99. The number of aromatic nitrogens is 1. The number of benzene rings is 1. The van der Waals surface area contributed by atoms with Crippen molar-refractivity contribution in [3.05, 3.63) is 52.7 Å². The van der Waals surface area contributed by atoms with Crippen LogP contribution < -0.4 is 10.2 Å². The third kappa shape index (κ3) is 3.68. The highest BCUT2D eigenvalue weighted by atomic mass is 16.6. The van der Waals surface area contributed by atoms with Gasteiger partial charge >= 0.3 is 5.69 Å². The molecule has 1 fully saturated rings. The van der Waals surface area contributed by atoms with Crippen molar-refractivity contribution < 1.29 is 14.8 Å². The number of amides is 1. The van der Waals surface area contributed by atoms with Crippen LogP contribution in [0.5, 0.6) is 5.75 Å².